The van der Waals surface area contributed by atoms with E-state index < -0.39 is 23.5 Å². The van der Waals surface area contributed by atoms with Gasteiger partial charge in [-0.2, -0.15) is 0 Å². The number of benzene rings is 1. The van der Waals surface area contributed by atoms with Crippen molar-refractivity contribution in [3.8, 4) is 0 Å². The maximum absolute atomic E-state index is 12.5. The smallest absolute Gasteiger partial charge is 0.317 e. The van der Waals surface area contributed by atoms with E-state index in [1.165, 1.54) is 0 Å². The molecule has 23 heavy (non-hydrogen) atoms. The predicted octanol–water partition coefficient (Wildman–Crippen LogP) is 2.71. The molecule has 0 heterocycles. The van der Waals surface area contributed by atoms with Gasteiger partial charge >= 0.3 is 11.9 Å². The molecule has 1 aromatic rings. The SMILES string of the molecule is CCOC(=O)CC(C(=O)Cc1ccccc1)C(=O)OC(C)(C)C. The van der Waals surface area contributed by atoms with E-state index in [-0.39, 0.29) is 25.2 Å². The summed E-state index contributed by atoms with van der Waals surface area (Å²) >= 11 is 0. The molecular formula is C18H24O5. The van der Waals surface area contributed by atoms with Gasteiger partial charge in [0.25, 0.3) is 0 Å². The summed E-state index contributed by atoms with van der Waals surface area (Å²) < 4.78 is 10.1. The monoisotopic (exact) mass is 320 g/mol. The normalized spacial score (nSPS) is 12.3. The average Bonchev–Trinajstić information content (AvgIpc) is 2.44. The lowest BCUT2D eigenvalue weighted by molar-refractivity contribution is -0.165. The molecule has 0 saturated heterocycles. The van der Waals surface area contributed by atoms with Gasteiger partial charge < -0.3 is 9.47 Å². The Kier molecular flexibility index (Phi) is 6.94. The Labute approximate surface area is 137 Å². The summed E-state index contributed by atoms with van der Waals surface area (Å²) in [5.41, 5.74) is 0.0618. The van der Waals surface area contributed by atoms with Gasteiger partial charge in [-0.15, -0.1) is 0 Å². The summed E-state index contributed by atoms with van der Waals surface area (Å²) in [6, 6.07) is 9.08. The predicted molar refractivity (Wildman–Crippen MR) is 85.7 cm³/mol. The summed E-state index contributed by atoms with van der Waals surface area (Å²) in [6.07, 6.45) is -0.224. The van der Waals surface area contributed by atoms with Gasteiger partial charge in [-0.05, 0) is 33.3 Å². The molecule has 126 valence electrons. The minimum Gasteiger partial charge on any atom is -0.466 e. The van der Waals surface area contributed by atoms with Crippen molar-refractivity contribution in [2.45, 2.75) is 46.1 Å². The second kappa shape index (κ2) is 8.46. The van der Waals surface area contributed by atoms with Crippen LogP contribution in [-0.2, 0) is 30.3 Å². The highest BCUT2D eigenvalue weighted by Gasteiger charge is 2.33. The highest BCUT2D eigenvalue weighted by molar-refractivity contribution is 6.02. The van der Waals surface area contributed by atoms with Gasteiger partial charge in [0.2, 0.25) is 0 Å². The molecule has 1 rings (SSSR count). The highest BCUT2D eigenvalue weighted by Crippen LogP contribution is 2.17. The molecule has 0 bridgehead atoms. The number of ether oxygens (including phenoxy) is 2. The molecule has 0 N–H and O–H groups in total. The summed E-state index contributed by atoms with van der Waals surface area (Å²) in [7, 11) is 0. The Morgan fingerprint density at radius 3 is 2.22 bits per heavy atom. The molecule has 5 nitrogen and oxygen atoms in total. The standard InChI is InChI=1S/C18H24O5/c1-5-22-16(20)12-14(17(21)23-18(2,3)4)15(19)11-13-9-7-6-8-10-13/h6-10,14H,5,11-12H2,1-4H3. The molecule has 1 unspecified atom stereocenters. The molecule has 1 aromatic carbocycles. The first-order valence-corrected chi connectivity index (χ1v) is 7.68. The van der Waals surface area contributed by atoms with Crippen molar-refractivity contribution in [2.24, 2.45) is 5.92 Å². The molecule has 0 aliphatic carbocycles. The van der Waals surface area contributed by atoms with E-state index in [2.05, 4.69) is 0 Å². The minimum atomic E-state index is -1.14. The second-order valence-corrected chi connectivity index (χ2v) is 6.22. The number of carbonyl (C=O) groups is 3. The van der Waals surface area contributed by atoms with Crippen LogP contribution in [0, 0.1) is 5.92 Å². The van der Waals surface area contributed by atoms with Crippen molar-refractivity contribution < 1.29 is 23.9 Å². The third kappa shape index (κ3) is 7.08. The maximum Gasteiger partial charge on any atom is 0.317 e. The van der Waals surface area contributed by atoms with Crippen LogP contribution < -0.4 is 0 Å². The first-order chi connectivity index (χ1) is 10.7. The Morgan fingerprint density at radius 2 is 1.70 bits per heavy atom. The van der Waals surface area contributed by atoms with Gasteiger partial charge in [-0.25, -0.2) is 0 Å². The maximum atomic E-state index is 12.5. The van der Waals surface area contributed by atoms with E-state index in [4.69, 9.17) is 9.47 Å². The lowest BCUT2D eigenvalue weighted by Gasteiger charge is -2.23. The minimum absolute atomic E-state index is 0.0736. The Morgan fingerprint density at radius 1 is 1.09 bits per heavy atom. The zero-order valence-corrected chi connectivity index (χ0v) is 14.1. The van der Waals surface area contributed by atoms with Crippen LogP contribution in [0.3, 0.4) is 0 Å². The first kappa shape index (κ1) is 18.9. The summed E-state index contributed by atoms with van der Waals surface area (Å²) in [5, 5.41) is 0. The lowest BCUT2D eigenvalue weighted by atomic mass is 9.94. The Hall–Kier alpha value is -2.17. The van der Waals surface area contributed by atoms with E-state index in [9.17, 15) is 14.4 Å². The summed E-state index contributed by atoms with van der Waals surface area (Å²) in [6.45, 7) is 7.02. The van der Waals surface area contributed by atoms with Gasteiger partial charge in [0.15, 0.2) is 5.78 Å². The number of ketones is 1. The topological polar surface area (TPSA) is 69.7 Å². The fourth-order valence-corrected chi connectivity index (χ4v) is 2.01. The number of Topliss-reactive ketones (excluding diaryl/α,β-unsaturated/α-hetero) is 1. The van der Waals surface area contributed by atoms with Crippen LogP contribution in [0.15, 0.2) is 30.3 Å². The van der Waals surface area contributed by atoms with Crippen molar-refractivity contribution >= 4 is 17.7 Å². The Bertz CT molecular complexity index is 542. The van der Waals surface area contributed by atoms with Crippen LogP contribution in [0.2, 0.25) is 0 Å². The molecule has 0 spiro atoms. The first-order valence-electron chi connectivity index (χ1n) is 7.68. The molecule has 0 amide bonds. The third-order valence-corrected chi connectivity index (χ3v) is 2.98. The van der Waals surface area contributed by atoms with Crippen LogP contribution >= 0.6 is 0 Å². The molecule has 0 aliphatic rings. The molecule has 0 fully saturated rings. The molecular weight excluding hydrogens is 296 g/mol. The number of esters is 2. The molecule has 0 saturated carbocycles. The van der Waals surface area contributed by atoms with E-state index in [1.807, 2.05) is 18.2 Å². The molecule has 0 radical (unpaired) electrons. The highest BCUT2D eigenvalue weighted by atomic mass is 16.6. The van der Waals surface area contributed by atoms with Crippen LogP contribution in [0.25, 0.3) is 0 Å². The number of hydrogen-bond acceptors (Lipinski definition) is 5. The third-order valence-electron chi connectivity index (χ3n) is 2.98. The number of carbonyl (C=O) groups excluding carboxylic acids is 3. The number of rotatable bonds is 7. The zero-order chi connectivity index (χ0) is 17.5. The van der Waals surface area contributed by atoms with Crippen LogP contribution in [0.1, 0.15) is 39.7 Å². The quantitative estimate of drug-likeness (QED) is 0.571. The van der Waals surface area contributed by atoms with Crippen LogP contribution in [-0.4, -0.2) is 29.9 Å². The van der Waals surface area contributed by atoms with Crippen molar-refractivity contribution in [2.75, 3.05) is 6.61 Å². The molecule has 1 atom stereocenters. The summed E-state index contributed by atoms with van der Waals surface area (Å²) in [4.78, 5) is 36.4. The van der Waals surface area contributed by atoms with Crippen molar-refractivity contribution in [3.63, 3.8) is 0 Å². The van der Waals surface area contributed by atoms with Gasteiger partial charge in [-0.3, -0.25) is 14.4 Å². The Balaban J connectivity index is 2.86. The van der Waals surface area contributed by atoms with E-state index in [1.54, 1.807) is 39.8 Å². The molecule has 0 aliphatic heterocycles. The van der Waals surface area contributed by atoms with Crippen molar-refractivity contribution in [3.05, 3.63) is 35.9 Å². The molecule has 0 aromatic heterocycles. The van der Waals surface area contributed by atoms with E-state index >= 15 is 0 Å². The molecule has 5 heteroatoms. The second-order valence-electron chi connectivity index (χ2n) is 6.22. The van der Waals surface area contributed by atoms with Crippen LogP contribution in [0.4, 0.5) is 0 Å². The zero-order valence-electron chi connectivity index (χ0n) is 14.1. The van der Waals surface area contributed by atoms with Gasteiger partial charge in [0.1, 0.15) is 11.5 Å². The van der Waals surface area contributed by atoms with Crippen molar-refractivity contribution in [1.29, 1.82) is 0 Å². The largest absolute Gasteiger partial charge is 0.466 e. The van der Waals surface area contributed by atoms with Crippen LogP contribution in [0.5, 0.6) is 0 Å². The van der Waals surface area contributed by atoms with Gasteiger partial charge in [0.05, 0.1) is 13.0 Å². The fourth-order valence-electron chi connectivity index (χ4n) is 2.01. The summed E-state index contributed by atoms with van der Waals surface area (Å²) in [5.74, 6) is -2.76. The van der Waals surface area contributed by atoms with Crippen molar-refractivity contribution in [1.82, 2.24) is 0 Å². The van der Waals surface area contributed by atoms with E-state index in [0.29, 0.717) is 0 Å². The lowest BCUT2D eigenvalue weighted by Crippen LogP contribution is -2.35. The number of hydrogen-bond donors (Lipinski definition) is 0. The fraction of sp³-hybridized carbons (Fsp3) is 0.500. The average molecular weight is 320 g/mol. The van der Waals surface area contributed by atoms with E-state index in [0.717, 1.165) is 5.56 Å². The van der Waals surface area contributed by atoms with Gasteiger partial charge in [-0.1, -0.05) is 30.3 Å². The van der Waals surface area contributed by atoms with Gasteiger partial charge in [0, 0.05) is 6.42 Å².